The fourth-order valence-corrected chi connectivity index (χ4v) is 3.73. The van der Waals surface area contributed by atoms with Crippen LogP contribution in [0.3, 0.4) is 0 Å². The third kappa shape index (κ3) is 4.46. The molecule has 0 aliphatic heterocycles. The molecule has 120 valence electrons. The first-order valence-electron chi connectivity index (χ1n) is 8.73. The van der Waals surface area contributed by atoms with Crippen molar-refractivity contribution in [3.8, 4) is 0 Å². The van der Waals surface area contributed by atoms with E-state index in [1.54, 1.807) is 0 Å². The van der Waals surface area contributed by atoms with Gasteiger partial charge in [0.05, 0.1) is 0 Å². The highest BCUT2D eigenvalue weighted by atomic mass is 15.2. The molecule has 1 saturated carbocycles. The van der Waals surface area contributed by atoms with Crippen molar-refractivity contribution in [3.63, 3.8) is 0 Å². The summed E-state index contributed by atoms with van der Waals surface area (Å²) in [5, 5.41) is 3.57. The molecular weight excluding hydrogens is 244 g/mol. The van der Waals surface area contributed by atoms with E-state index < -0.39 is 0 Å². The number of likely N-dealkylation sites (N-methyl/N-ethyl adjacent to an activating group) is 2. The second kappa shape index (κ2) is 7.79. The lowest BCUT2D eigenvalue weighted by molar-refractivity contribution is 0.0583. The largest absolute Gasteiger partial charge is 0.315 e. The molecule has 0 aromatic rings. The Kier molecular flexibility index (Phi) is 7.00. The van der Waals surface area contributed by atoms with E-state index in [0.717, 1.165) is 11.8 Å². The molecule has 1 N–H and O–H groups in total. The van der Waals surface area contributed by atoms with Gasteiger partial charge >= 0.3 is 0 Å². The smallest absolute Gasteiger partial charge is 0.0249 e. The van der Waals surface area contributed by atoms with Crippen LogP contribution in [-0.4, -0.2) is 37.6 Å². The van der Waals surface area contributed by atoms with E-state index in [1.165, 1.54) is 38.6 Å². The van der Waals surface area contributed by atoms with Gasteiger partial charge in [-0.3, -0.25) is 0 Å². The highest BCUT2D eigenvalue weighted by Crippen LogP contribution is 2.41. The lowest BCUT2D eigenvalue weighted by Crippen LogP contribution is -2.53. The molecule has 0 radical (unpaired) electrons. The molecule has 0 spiro atoms. The molecule has 0 bridgehead atoms. The number of rotatable bonds is 7. The van der Waals surface area contributed by atoms with Crippen LogP contribution in [0.15, 0.2) is 0 Å². The van der Waals surface area contributed by atoms with Crippen LogP contribution in [0, 0.1) is 17.3 Å². The molecule has 2 nitrogen and oxygen atoms in total. The van der Waals surface area contributed by atoms with E-state index in [9.17, 15) is 0 Å². The van der Waals surface area contributed by atoms with E-state index in [1.807, 2.05) is 0 Å². The van der Waals surface area contributed by atoms with Crippen molar-refractivity contribution >= 4 is 0 Å². The minimum absolute atomic E-state index is 0.494. The lowest BCUT2D eigenvalue weighted by Gasteiger charge is -2.46. The number of nitrogens with zero attached hydrogens (tertiary/aromatic N) is 1. The van der Waals surface area contributed by atoms with Gasteiger partial charge in [0, 0.05) is 18.6 Å². The van der Waals surface area contributed by atoms with Crippen LogP contribution in [0.4, 0.5) is 0 Å². The maximum atomic E-state index is 3.57. The minimum atomic E-state index is 0.494. The van der Waals surface area contributed by atoms with Gasteiger partial charge in [-0.1, -0.05) is 47.5 Å². The first kappa shape index (κ1) is 18.0. The average Bonchev–Trinajstić information content (AvgIpc) is 2.46. The van der Waals surface area contributed by atoms with Crippen LogP contribution in [0.5, 0.6) is 0 Å². The maximum absolute atomic E-state index is 3.57. The Morgan fingerprint density at radius 3 is 2.40 bits per heavy atom. The van der Waals surface area contributed by atoms with Gasteiger partial charge in [0.1, 0.15) is 0 Å². The van der Waals surface area contributed by atoms with Crippen LogP contribution >= 0.6 is 0 Å². The highest BCUT2D eigenvalue weighted by molar-refractivity contribution is 4.94. The molecule has 20 heavy (non-hydrogen) atoms. The summed E-state index contributed by atoms with van der Waals surface area (Å²) in [6.45, 7) is 13.2. The molecule has 4 unspecified atom stereocenters. The lowest BCUT2D eigenvalue weighted by atomic mass is 9.67. The summed E-state index contributed by atoms with van der Waals surface area (Å²) >= 11 is 0. The van der Waals surface area contributed by atoms with Gasteiger partial charge in [0.2, 0.25) is 0 Å². The third-order valence-corrected chi connectivity index (χ3v) is 6.07. The molecule has 0 aromatic carbocycles. The van der Waals surface area contributed by atoms with Gasteiger partial charge in [-0.05, 0) is 50.6 Å². The molecule has 1 rings (SSSR count). The van der Waals surface area contributed by atoms with Crippen molar-refractivity contribution < 1.29 is 0 Å². The summed E-state index contributed by atoms with van der Waals surface area (Å²) in [6.07, 6.45) is 6.66. The molecule has 0 aromatic heterocycles. The second-order valence-electron chi connectivity index (χ2n) is 7.77. The summed E-state index contributed by atoms with van der Waals surface area (Å²) in [4.78, 5) is 2.63. The van der Waals surface area contributed by atoms with E-state index >= 15 is 0 Å². The van der Waals surface area contributed by atoms with Crippen molar-refractivity contribution in [1.82, 2.24) is 10.2 Å². The SMILES string of the molecule is CCC(C)CN(C)C1CC(C(C)(C)CC)CCC1NC. The molecule has 0 heterocycles. The normalized spacial score (nSPS) is 29.7. The van der Waals surface area contributed by atoms with Gasteiger partial charge in [0.15, 0.2) is 0 Å². The molecule has 1 aliphatic rings. The van der Waals surface area contributed by atoms with Gasteiger partial charge in [-0.15, -0.1) is 0 Å². The summed E-state index contributed by atoms with van der Waals surface area (Å²) in [5.41, 5.74) is 0.494. The molecule has 2 heteroatoms. The summed E-state index contributed by atoms with van der Waals surface area (Å²) < 4.78 is 0. The monoisotopic (exact) mass is 282 g/mol. The quantitative estimate of drug-likeness (QED) is 0.754. The molecule has 1 aliphatic carbocycles. The van der Waals surface area contributed by atoms with Crippen molar-refractivity contribution in [3.05, 3.63) is 0 Å². The summed E-state index contributed by atoms with van der Waals surface area (Å²) in [6, 6.07) is 1.38. The maximum Gasteiger partial charge on any atom is 0.0249 e. The fraction of sp³-hybridized carbons (Fsp3) is 1.00. The number of hydrogen-bond acceptors (Lipinski definition) is 2. The van der Waals surface area contributed by atoms with Crippen LogP contribution < -0.4 is 5.32 Å². The molecule has 0 saturated heterocycles. The van der Waals surface area contributed by atoms with Gasteiger partial charge in [-0.25, -0.2) is 0 Å². The van der Waals surface area contributed by atoms with Crippen LogP contribution in [0.25, 0.3) is 0 Å². The fourth-order valence-electron chi connectivity index (χ4n) is 3.73. The summed E-state index contributed by atoms with van der Waals surface area (Å²) in [7, 11) is 4.47. The summed E-state index contributed by atoms with van der Waals surface area (Å²) in [5.74, 6) is 1.68. The Balaban J connectivity index is 2.72. The Morgan fingerprint density at radius 1 is 1.25 bits per heavy atom. The molecular formula is C18H38N2. The zero-order chi connectivity index (χ0) is 15.3. The van der Waals surface area contributed by atoms with Crippen molar-refractivity contribution in [2.75, 3.05) is 20.6 Å². The zero-order valence-electron chi connectivity index (χ0n) is 15.0. The van der Waals surface area contributed by atoms with Crippen molar-refractivity contribution in [2.24, 2.45) is 17.3 Å². The predicted molar refractivity (Wildman–Crippen MR) is 90.1 cm³/mol. The van der Waals surface area contributed by atoms with Crippen LogP contribution in [0.1, 0.15) is 66.7 Å². The number of hydrogen-bond donors (Lipinski definition) is 1. The first-order valence-corrected chi connectivity index (χ1v) is 8.73. The molecule has 1 fully saturated rings. The standard InChI is InChI=1S/C18H38N2/c1-8-14(3)13-20(7)17-12-15(18(4,5)9-2)10-11-16(17)19-6/h14-17,19H,8-13H2,1-7H3. The van der Waals surface area contributed by atoms with Crippen LogP contribution in [-0.2, 0) is 0 Å². The van der Waals surface area contributed by atoms with Gasteiger partial charge in [0.25, 0.3) is 0 Å². The average molecular weight is 283 g/mol. The van der Waals surface area contributed by atoms with Crippen molar-refractivity contribution in [1.29, 1.82) is 0 Å². The second-order valence-corrected chi connectivity index (χ2v) is 7.77. The van der Waals surface area contributed by atoms with E-state index in [4.69, 9.17) is 0 Å². The van der Waals surface area contributed by atoms with Crippen LogP contribution in [0.2, 0.25) is 0 Å². The van der Waals surface area contributed by atoms with E-state index in [-0.39, 0.29) is 0 Å². The van der Waals surface area contributed by atoms with Gasteiger partial charge < -0.3 is 10.2 Å². The van der Waals surface area contributed by atoms with Gasteiger partial charge in [-0.2, -0.15) is 0 Å². The Labute approximate surface area is 127 Å². The Morgan fingerprint density at radius 2 is 1.90 bits per heavy atom. The molecule has 4 atom stereocenters. The van der Waals surface area contributed by atoms with Crippen molar-refractivity contribution in [2.45, 2.75) is 78.8 Å². The zero-order valence-corrected chi connectivity index (χ0v) is 15.0. The topological polar surface area (TPSA) is 15.3 Å². The molecule has 0 amide bonds. The third-order valence-electron chi connectivity index (χ3n) is 6.07. The Hall–Kier alpha value is -0.0800. The minimum Gasteiger partial charge on any atom is -0.315 e. The predicted octanol–water partition coefficient (Wildman–Crippen LogP) is 4.16. The number of nitrogens with one attached hydrogen (secondary N) is 1. The van der Waals surface area contributed by atoms with E-state index in [0.29, 0.717) is 17.5 Å². The highest BCUT2D eigenvalue weighted by Gasteiger charge is 2.38. The Bertz CT molecular complexity index is 275. The van der Waals surface area contributed by atoms with E-state index in [2.05, 4.69) is 58.9 Å². The first-order chi connectivity index (χ1) is 9.35.